The molecule has 0 spiro atoms. The molecule has 0 aromatic heterocycles. The molecule has 2 aliphatic carbocycles. The van der Waals surface area contributed by atoms with Crippen molar-refractivity contribution in [3.63, 3.8) is 0 Å². The van der Waals surface area contributed by atoms with Crippen molar-refractivity contribution in [1.29, 1.82) is 0 Å². The summed E-state index contributed by atoms with van der Waals surface area (Å²) < 4.78 is 0. The summed E-state index contributed by atoms with van der Waals surface area (Å²) in [6, 6.07) is 8.36. The molecule has 2 aliphatic rings. The van der Waals surface area contributed by atoms with Crippen molar-refractivity contribution in [2.45, 2.75) is 80.1 Å². The molecule has 0 aliphatic heterocycles. The Morgan fingerprint density at radius 1 is 0.625 bits per heavy atom. The van der Waals surface area contributed by atoms with Crippen molar-refractivity contribution in [3.8, 4) is 0 Å². The van der Waals surface area contributed by atoms with E-state index in [4.69, 9.17) is 0 Å². The predicted molar refractivity (Wildman–Crippen MR) is 109 cm³/mol. The van der Waals surface area contributed by atoms with Gasteiger partial charge in [-0.25, -0.2) is 0 Å². The van der Waals surface area contributed by atoms with Gasteiger partial charge in [0.15, 0.2) is 0 Å². The van der Waals surface area contributed by atoms with Crippen LogP contribution in [0.3, 0.4) is 0 Å². The maximum Gasteiger partial charge on any atom is -0.0322 e. The van der Waals surface area contributed by atoms with Crippen LogP contribution in [0, 0.1) is 37.5 Å². The fourth-order valence-corrected chi connectivity index (χ4v) is 3.25. The van der Waals surface area contributed by atoms with Gasteiger partial charge in [0, 0.05) is 0 Å². The number of hydrogen-bond acceptors (Lipinski definition) is 0. The first-order chi connectivity index (χ1) is 11.4. The standard InChI is InChI=1S/C8H16.C8H14.C8H10/c3*1-7-5-3-4-6-8(7)2/h7-8H,3-6H2,1-2H3;3-4,7-8H,5-6H2,1-2H3;3-6H,1-2H3. The van der Waals surface area contributed by atoms with Crippen molar-refractivity contribution in [2.24, 2.45) is 23.7 Å². The number of allylic oxidation sites excluding steroid dienone is 2. The summed E-state index contributed by atoms with van der Waals surface area (Å²) in [5, 5.41) is 0. The maximum atomic E-state index is 2.38. The van der Waals surface area contributed by atoms with Crippen LogP contribution in [-0.4, -0.2) is 0 Å². The Morgan fingerprint density at radius 3 is 1.25 bits per heavy atom. The van der Waals surface area contributed by atoms with Crippen LogP contribution >= 0.6 is 0 Å². The number of rotatable bonds is 0. The summed E-state index contributed by atoms with van der Waals surface area (Å²) in [7, 11) is 0. The van der Waals surface area contributed by atoms with E-state index in [1.54, 1.807) is 0 Å². The van der Waals surface area contributed by atoms with Gasteiger partial charge in [-0.15, -0.1) is 0 Å². The summed E-state index contributed by atoms with van der Waals surface area (Å²) in [5.74, 6) is 3.84. The Balaban J connectivity index is 0.000000180. The fourth-order valence-electron chi connectivity index (χ4n) is 3.25. The Bertz CT molecular complexity index is 428. The zero-order valence-electron chi connectivity index (χ0n) is 17.0. The molecule has 0 heterocycles. The molecule has 0 nitrogen and oxygen atoms in total. The normalized spacial score (nSPS) is 28.9. The Labute approximate surface area is 151 Å². The third-order valence-electron chi connectivity index (χ3n) is 6.12. The predicted octanol–water partition coefficient (Wildman–Crippen LogP) is 7.74. The Morgan fingerprint density at radius 2 is 1.00 bits per heavy atom. The largest absolute Gasteiger partial charge is 0.0883 e. The van der Waals surface area contributed by atoms with E-state index in [1.165, 1.54) is 49.7 Å². The third kappa shape index (κ3) is 8.18. The summed E-state index contributed by atoms with van der Waals surface area (Å²) in [4.78, 5) is 0. The van der Waals surface area contributed by atoms with Crippen molar-refractivity contribution in [1.82, 2.24) is 0 Å². The summed E-state index contributed by atoms with van der Waals surface area (Å²) in [6.07, 6.45) is 13.1. The first-order valence-electron chi connectivity index (χ1n) is 10.1. The van der Waals surface area contributed by atoms with Gasteiger partial charge >= 0.3 is 0 Å². The molecule has 1 fully saturated rings. The van der Waals surface area contributed by atoms with Gasteiger partial charge in [0.25, 0.3) is 0 Å². The zero-order valence-corrected chi connectivity index (χ0v) is 17.0. The average Bonchev–Trinajstić information content (AvgIpc) is 2.57. The minimum Gasteiger partial charge on any atom is -0.0883 e. The minimum atomic E-state index is 0.917. The summed E-state index contributed by atoms with van der Waals surface area (Å²) >= 11 is 0. The highest BCUT2D eigenvalue weighted by Gasteiger charge is 2.15. The van der Waals surface area contributed by atoms with Gasteiger partial charge in [0.2, 0.25) is 0 Å². The molecular weight excluding hydrogens is 288 g/mol. The van der Waals surface area contributed by atoms with Crippen LogP contribution < -0.4 is 0 Å². The molecule has 1 aromatic rings. The van der Waals surface area contributed by atoms with Crippen LogP contribution in [0.4, 0.5) is 0 Å². The molecular formula is C24H40. The van der Waals surface area contributed by atoms with Gasteiger partial charge in [-0.1, -0.05) is 89.8 Å². The molecule has 3 rings (SSSR count). The van der Waals surface area contributed by atoms with Gasteiger partial charge in [-0.3, -0.25) is 0 Å². The van der Waals surface area contributed by atoms with Crippen molar-refractivity contribution in [2.75, 3.05) is 0 Å². The van der Waals surface area contributed by atoms with E-state index in [1.807, 2.05) is 0 Å². The van der Waals surface area contributed by atoms with Gasteiger partial charge in [-0.2, -0.15) is 0 Å². The van der Waals surface area contributed by atoms with E-state index in [9.17, 15) is 0 Å². The van der Waals surface area contributed by atoms with Crippen LogP contribution in [0.15, 0.2) is 36.4 Å². The zero-order chi connectivity index (χ0) is 17.9. The van der Waals surface area contributed by atoms with E-state index in [0.29, 0.717) is 0 Å². The second-order valence-corrected chi connectivity index (χ2v) is 8.22. The Hall–Kier alpha value is -1.04. The summed E-state index contributed by atoms with van der Waals surface area (Å²) in [5.41, 5.74) is 2.74. The van der Waals surface area contributed by atoms with Gasteiger partial charge in [0.05, 0.1) is 0 Å². The quantitative estimate of drug-likeness (QED) is 0.427. The van der Waals surface area contributed by atoms with Crippen molar-refractivity contribution >= 4 is 0 Å². The monoisotopic (exact) mass is 328 g/mol. The second kappa shape index (κ2) is 11.5. The van der Waals surface area contributed by atoms with E-state index < -0.39 is 0 Å². The highest BCUT2D eigenvalue weighted by molar-refractivity contribution is 5.23. The first kappa shape index (κ1) is 21.0. The van der Waals surface area contributed by atoms with Crippen molar-refractivity contribution in [3.05, 3.63) is 47.5 Å². The average molecular weight is 329 g/mol. The fraction of sp³-hybridized carbons (Fsp3) is 0.667. The lowest BCUT2D eigenvalue weighted by Gasteiger charge is -2.24. The van der Waals surface area contributed by atoms with Gasteiger partial charge in [-0.05, 0) is 61.5 Å². The number of benzene rings is 1. The molecule has 0 heteroatoms. The molecule has 1 saturated carbocycles. The molecule has 0 radical (unpaired) electrons. The first-order valence-corrected chi connectivity index (χ1v) is 10.1. The van der Waals surface area contributed by atoms with Gasteiger partial charge in [0.1, 0.15) is 0 Å². The van der Waals surface area contributed by atoms with Gasteiger partial charge < -0.3 is 0 Å². The lowest BCUT2D eigenvalue weighted by Crippen LogP contribution is -2.12. The maximum absolute atomic E-state index is 2.38. The Kier molecular flexibility index (Phi) is 10.1. The lowest BCUT2D eigenvalue weighted by molar-refractivity contribution is 0.277. The topological polar surface area (TPSA) is 0 Å². The van der Waals surface area contributed by atoms with Crippen molar-refractivity contribution < 1.29 is 0 Å². The van der Waals surface area contributed by atoms with E-state index >= 15 is 0 Å². The van der Waals surface area contributed by atoms with Crippen LogP contribution in [-0.2, 0) is 0 Å². The molecule has 1 aromatic carbocycles. The highest BCUT2D eigenvalue weighted by atomic mass is 14.2. The SMILES string of the molecule is CC1CC=CCC1C.CC1CCCCC1C.Cc1ccccc1C. The molecule has 0 N–H and O–H groups in total. The van der Waals surface area contributed by atoms with E-state index in [-0.39, 0.29) is 0 Å². The van der Waals surface area contributed by atoms with E-state index in [0.717, 1.165) is 23.7 Å². The number of hydrogen-bond donors (Lipinski definition) is 0. The molecule has 24 heavy (non-hydrogen) atoms. The molecule has 0 bridgehead atoms. The van der Waals surface area contributed by atoms with E-state index in [2.05, 4.69) is 78.0 Å². The minimum absolute atomic E-state index is 0.917. The molecule has 136 valence electrons. The van der Waals surface area contributed by atoms with Crippen LogP contribution in [0.25, 0.3) is 0 Å². The summed E-state index contributed by atoms with van der Waals surface area (Å²) in [6.45, 7) is 13.7. The molecule has 4 atom stereocenters. The smallest absolute Gasteiger partial charge is 0.0322 e. The lowest BCUT2D eigenvalue weighted by atomic mass is 9.82. The highest BCUT2D eigenvalue weighted by Crippen LogP contribution is 2.28. The van der Waals surface area contributed by atoms with Crippen LogP contribution in [0.5, 0.6) is 0 Å². The van der Waals surface area contributed by atoms with Crippen LogP contribution in [0.2, 0.25) is 0 Å². The molecule has 4 unspecified atom stereocenters. The van der Waals surface area contributed by atoms with Crippen LogP contribution in [0.1, 0.15) is 77.3 Å². The number of aryl methyl sites for hydroxylation is 2. The molecule has 0 amide bonds. The molecule has 0 saturated heterocycles. The third-order valence-corrected chi connectivity index (χ3v) is 6.12. The second-order valence-electron chi connectivity index (χ2n) is 8.22.